The van der Waals surface area contributed by atoms with E-state index in [0.717, 1.165) is 0 Å². The van der Waals surface area contributed by atoms with Crippen molar-refractivity contribution in [1.29, 1.82) is 0 Å². The van der Waals surface area contributed by atoms with Crippen LogP contribution in [0.3, 0.4) is 0 Å². The van der Waals surface area contributed by atoms with Gasteiger partial charge in [0.05, 0.1) is 18.7 Å². The summed E-state index contributed by atoms with van der Waals surface area (Å²) >= 11 is 0. The Labute approximate surface area is 121 Å². The van der Waals surface area contributed by atoms with Gasteiger partial charge >= 0.3 is 5.97 Å². The number of methoxy groups -OCH3 is 1. The number of nitrogens with one attached hydrogen (secondary N) is 1. The lowest BCUT2D eigenvalue weighted by Gasteiger charge is -2.17. The van der Waals surface area contributed by atoms with Gasteiger partial charge in [0.2, 0.25) is 0 Å². The molecule has 0 aliphatic rings. The summed E-state index contributed by atoms with van der Waals surface area (Å²) in [4.78, 5) is 11.5. The van der Waals surface area contributed by atoms with Crippen molar-refractivity contribution in [3.05, 3.63) is 65.2 Å². The summed E-state index contributed by atoms with van der Waals surface area (Å²) < 4.78 is 32.1. The van der Waals surface area contributed by atoms with Crippen LogP contribution in [-0.2, 0) is 4.74 Å². The molecule has 21 heavy (non-hydrogen) atoms. The van der Waals surface area contributed by atoms with Crippen LogP contribution in [0.1, 0.15) is 28.9 Å². The summed E-state index contributed by atoms with van der Waals surface area (Å²) in [6.07, 6.45) is 0. The lowest BCUT2D eigenvalue weighted by molar-refractivity contribution is 0.0601. The Morgan fingerprint density at radius 3 is 2.38 bits per heavy atom. The Bertz CT molecular complexity index is 638. The molecule has 1 N–H and O–H groups in total. The van der Waals surface area contributed by atoms with Gasteiger partial charge in [-0.2, -0.15) is 0 Å². The highest BCUT2D eigenvalue weighted by Crippen LogP contribution is 2.24. The zero-order valence-corrected chi connectivity index (χ0v) is 11.7. The van der Waals surface area contributed by atoms with Crippen LogP contribution in [0.2, 0.25) is 0 Å². The minimum absolute atomic E-state index is 0.0408. The maximum atomic E-state index is 13.7. The first-order valence-electron chi connectivity index (χ1n) is 6.41. The molecule has 0 saturated carbocycles. The predicted molar refractivity (Wildman–Crippen MR) is 76.2 cm³/mol. The lowest BCUT2D eigenvalue weighted by atomic mass is 10.1. The minimum atomic E-state index is -0.612. The topological polar surface area (TPSA) is 38.3 Å². The SMILES string of the molecule is COC(=O)c1cccc(NC(C)c2c(F)cccc2F)c1. The Hall–Kier alpha value is -2.43. The third-order valence-electron chi connectivity index (χ3n) is 3.10. The van der Waals surface area contributed by atoms with Crippen LogP contribution in [0, 0.1) is 11.6 Å². The quantitative estimate of drug-likeness (QED) is 0.868. The van der Waals surface area contributed by atoms with Crippen molar-refractivity contribution < 1.29 is 18.3 Å². The molecule has 1 atom stereocenters. The van der Waals surface area contributed by atoms with Crippen LogP contribution in [0.25, 0.3) is 0 Å². The highest BCUT2D eigenvalue weighted by molar-refractivity contribution is 5.90. The molecule has 0 saturated heterocycles. The fourth-order valence-electron chi connectivity index (χ4n) is 2.10. The number of halogens is 2. The second kappa shape index (κ2) is 6.35. The van der Waals surface area contributed by atoms with Gasteiger partial charge in [0.15, 0.2) is 0 Å². The number of anilines is 1. The number of hydrogen-bond donors (Lipinski definition) is 1. The largest absolute Gasteiger partial charge is 0.465 e. The van der Waals surface area contributed by atoms with Gasteiger partial charge in [-0.3, -0.25) is 0 Å². The van der Waals surface area contributed by atoms with Gasteiger partial charge in [-0.05, 0) is 37.3 Å². The molecule has 0 heterocycles. The van der Waals surface area contributed by atoms with E-state index < -0.39 is 23.6 Å². The van der Waals surface area contributed by atoms with E-state index in [1.807, 2.05) is 0 Å². The molecule has 2 aromatic rings. The van der Waals surface area contributed by atoms with Gasteiger partial charge in [0.1, 0.15) is 11.6 Å². The Balaban J connectivity index is 2.24. The maximum absolute atomic E-state index is 13.7. The van der Waals surface area contributed by atoms with Gasteiger partial charge < -0.3 is 10.1 Å². The van der Waals surface area contributed by atoms with Crippen LogP contribution in [0.4, 0.5) is 14.5 Å². The molecule has 1 unspecified atom stereocenters. The van der Waals surface area contributed by atoms with Crippen LogP contribution < -0.4 is 5.32 Å². The van der Waals surface area contributed by atoms with Crippen molar-refractivity contribution in [2.75, 3.05) is 12.4 Å². The molecule has 0 aliphatic carbocycles. The minimum Gasteiger partial charge on any atom is -0.465 e. The highest BCUT2D eigenvalue weighted by atomic mass is 19.1. The molecule has 3 nitrogen and oxygen atoms in total. The summed E-state index contributed by atoms with van der Waals surface area (Å²) in [6, 6.07) is 9.70. The van der Waals surface area contributed by atoms with Crippen LogP contribution >= 0.6 is 0 Å². The second-order valence-electron chi connectivity index (χ2n) is 4.57. The smallest absolute Gasteiger partial charge is 0.337 e. The molecule has 0 radical (unpaired) electrons. The average Bonchev–Trinajstić information content (AvgIpc) is 2.46. The van der Waals surface area contributed by atoms with E-state index >= 15 is 0 Å². The van der Waals surface area contributed by atoms with Crippen molar-refractivity contribution in [3.63, 3.8) is 0 Å². The summed E-state index contributed by atoms with van der Waals surface area (Å²) in [5.41, 5.74) is 0.901. The molecule has 0 aliphatic heterocycles. The van der Waals surface area contributed by atoms with Crippen molar-refractivity contribution in [2.45, 2.75) is 13.0 Å². The molecule has 0 spiro atoms. The Morgan fingerprint density at radius 2 is 1.76 bits per heavy atom. The fraction of sp³-hybridized carbons (Fsp3) is 0.188. The monoisotopic (exact) mass is 291 g/mol. The van der Waals surface area contributed by atoms with Crippen LogP contribution in [0.5, 0.6) is 0 Å². The number of ether oxygens (including phenoxy) is 1. The van der Waals surface area contributed by atoms with E-state index in [-0.39, 0.29) is 5.56 Å². The summed E-state index contributed by atoms with van der Waals surface area (Å²) in [7, 11) is 1.29. The van der Waals surface area contributed by atoms with E-state index in [1.54, 1.807) is 31.2 Å². The number of carbonyl (C=O) groups is 1. The van der Waals surface area contributed by atoms with Gasteiger partial charge in [-0.1, -0.05) is 12.1 Å². The third kappa shape index (κ3) is 3.37. The molecule has 5 heteroatoms. The molecule has 2 rings (SSSR count). The third-order valence-corrected chi connectivity index (χ3v) is 3.10. The van der Waals surface area contributed by atoms with E-state index in [4.69, 9.17) is 0 Å². The van der Waals surface area contributed by atoms with Gasteiger partial charge in [-0.25, -0.2) is 13.6 Å². The number of carbonyl (C=O) groups excluding carboxylic acids is 1. The molecular weight excluding hydrogens is 276 g/mol. The summed E-state index contributed by atoms with van der Waals surface area (Å²) in [5, 5.41) is 2.97. The zero-order chi connectivity index (χ0) is 15.4. The van der Waals surface area contributed by atoms with Crippen molar-refractivity contribution in [1.82, 2.24) is 0 Å². The predicted octanol–water partition coefficient (Wildman–Crippen LogP) is 3.92. The Kier molecular flexibility index (Phi) is 4.52. The molecule has 0 fully saturated rings. The second-order valence-corrected chi connectivity index (χ2v) is 4.57. The first-order chi connectivity index (χ1) is 10.0. The summed E-state index contributed by atoms with van der Waals surface area (Å²) in [6.45, 7) is 1.65. The van der Waals surface area contributed by atoms with Crippen molar-refractivity contribution in [3.8, 4) is 0 Å². The number of rotatable bonds is 4. The summed E-state index contributed by atoms with van der Waals surface area (Å²) in [5.74, 6) is -1.69. The molecule has 0 amide bonds. The number of esters is 1. The van der Waals surface area contributed by atoms with Crippen molar-refractivity contribution in [2.24, 2.45) is 0 Å². The van der Waals surface area contributed by atoms with E-state index in [2.05, 4.69) is 10.1 Å². The zero-order valence-electron chi connectivity index (χ0n) is 11.7. The standard InChI is InChI=1S/C16H15F2NO2/c1-10(15-13(17)7-4-8-14(15)18)19-12-6-3-5-11(9-12)16(20)21-2/h3-10,19H,1-2H3. The fourth-order valence-corrected chi connectivity index (χ4v) is 2.10. The Morgan fingerprint density at radius 1 is 1.14 bits per heavy atom. The van der Waals surface area contributed by atoms with Crippen LogP contribution in [0.15, 0.2) is 42.5 Å². The first-order valence-corrected chi connectivity index (χ1v) is 6.41. The number of hydrogen-bond acceptors (Lipinski definition) is 3. The van der Waals surface area contributed by atoms with Gasteiger partial charge in [-0.15, -0.1) is 0 Å². The normalized spacial score (nSPS) is 11.8. The molecule has 0 bridgehead atoms. The van der Waals surface area contributed by atoms with Gasteiger partial charge in [0.25, 0.3) is 0 Å². The highest BCUT2D eigenvalue weighted by Gasteiger charge is 2.16. The van der Waals surface area contributed by atoms with E-state index in [1.165, 1.54) is 25.3 Å². The van der Waals surface area contributed by atoms with Crippen LogP contribution in [-0.4, -0.2) is 13.1 Å². The lowest BCUT2D eigenvalue weighted by Crippen LogP contribution is -2.11. The molecule has 0 aromatic heterocycles. The molecule has 110 valence electrons. The van der Waals surface area contributed by atoms with E-state index in [9.17, 15) is 13.6 Å². The molecular formula is C16H15F2NO2. The maximum Gasteiger partial charge on any atom is 0.337 e. The van der Waals surface area contributed by atoms with Crippen molar-refractivity contribution >= 4 is 11.7 Å². The molecule has 2 aromatic carbocycles. The average molecular weight is 291 g/mol. The number of benzene rings is 2. The first kappa shape index (κ1) is 15.0. The van der Waals surface area contributed by atoms with E-state index in [0.29, 0.717) is 11.3 Å². The van der Waals surface area contributed by atoms with Gasteiger partial charge in [0, 0.05) is 11.3 Å².